The Morgan fingerprint density at radius 3 is 2.82 bits per heavy atom. The van der Waals surface area contributed by atoms with Crippen LogP contribution in [-0.2, 0) is 4.74 Å². The number of nitrogens with zero attached hydrogens (tertiary/aromatic N) is 1. The minimum atomic E-state index is -0.212. The highest BCUT2D eigenvalue weighted by Crippen LogP contribution is 2.28. The number of carbonyl (C=O) groups is 1. The molecule has 22 heavy (non-hydrogen) atoms. The smallest absolute Gasteiger partial charge is 0.280 e. The lowest BCUT2D eigenvalue weighted by Gasteiger charge is -2.13. The molecule has 3 rings (SSSR count). The largest absolute Gasteiger partial charge is 0.374 e. The fourth-order valence-corrected chi connectivity index (χ4v) is 4.05. The molecule has 7 heteroatoms. The van der Waals surface area contributed by atoms with E-state index in [2.05, 4.69) is 10.3 Å². The van der Waals surface area contributed by atoms with E-state index >= 15 is 0 Å². The number of para-hydroxylation sites is 1. The van der Waals surface area contributed by atoms with Gasteiger partial charge in [-0.3, -0.25) is 4.79 Å². The summed E-state index contributed by atoms with van der Waals surface area (Å²) in [5, 5.41) is 3.32. The number of amides is 1. The van der Waals surface area contributed by atoms with Crippen LogP contribution in [0.15, 0.2) is 36.4 Å². The average molecular weight is 353 g/mol. The fraction of sp³-hybridized carbons (Fsp3) is 0.200. The third-order valence-corrected chi connectivity index (χ3v) is 5.49. The van der Waals surface area contributed by atoms with E-state index in [4.69, 9.17) is 16.3 Å². The van der Waals surface area contributed by atoms with Crippen molar-refractivity contribution in [1.29, 1.82) is 0 Å². The van der Waals surface area contributed by atoms with Gasteiger partial charge >= 0.3 is 0 Å². The maximum Gasteiger partial charge on any atom is 0.280 e. The van der Waals surface area contributed by atoms with Gasteiger partial charge in [-0.25, -0.2) is 4.98 Å². The van der Waals surface area contributed by atoms with Crippen molar-refractivity contribution in [3.63, 3.8) is 0 Å². The van der Waals surface area contributed by atoms with E-state index in [0.717, 1.165) is 15.1 Å². The van der Waals surface area contributed by atoms with Crippen LogP contribution in [0, 0.1) is 0 Å². The number of nitrogens with one attached hydrogen (secondary N) is 1. The number of hydrogen-bond acceptors (Lipinski definition) is 5. The first-order chi connectivity index (χ1) is 10.7. The lowest BCUT2D eigenvalue weighted by Crippen LogP contribution is -2.28. The Bertz CT molecular complexity index is 767. The van der Waals surface area contributed by atoms with Crippen molar-refractivity contribution in [2.75, 3.05) is 13.7 Å². The number of halogens is 1. The quantitative estimate of drug-likeness (QED) is 0.751. The number of methoxy groups -OCH3 is 1. The summed E-state index contributed by atoms with van der Waals surface area (Å²) in [4.78, 5) is 17.6. The zero-order chi connectivity index (χ0) is 15.5. The van der Waals surface area contributed by atoms with E-state index in [-0.39, 0.29) is 12.0 Å². The highest BCUT2D eigenvalue weighted by Gasteiger charge is 2.17. The summed E-state index contributed by atoms with van der Waals surface area (Å²) in [6.45, 7) is 0.377. The van der Waals surface area contributed by atoms with Crippen molar-refractivity contribution >= 4 is 50.4 Å². The van der Waals surface area contributed by atoms with Crippen LogP contribution in [0.5, 0.6) is 0 Å². The van der Waals surface area contributed by atoms with Crippen LogP contribution in [0.3, 0.4) is 0 Å². The number of aromatic nitrogens is 1. The van der Waals surface area contributed by atoms with Crippen LogP contribution in [-0.4, -0.2) is 24.5 Å². The average Bonchev–Trinajstić information content (AvgIpc) is 3.14. The van der Waals surface area contributed by atoms with E-state index in [1.807, 2.05) is 36.4 Å². The molecule has 0 fully saturated rings. The van der Waals surface area contributed by atoms with Crippen LogP contribution in [0.2, 0.25) is 4.34 Å². The summed E-state index contributed by atoms with van der Waals surface area (Å²) in [7, 11) is 1.61. The maximum absolute atomic E-state index is 12.2. The minimum Gasteiger partial charge on any atom is -0.374 e. The molecule has 1 amide bonds. The van der Waals surface area contributed by atoms with Crippen LogP contribution in [0.1, 0.15) is 20.8 Å². The Kier molecular flexibility index (Phi) is 4.73. The second kappa shape index (κ2) is 6.75. The summed E-state index contributed by atoms with van der Waals surface area (Å²) >= 11 is 8.76. The molecule has 0 bridgehead atoms. The second-order valence-corrected chi connectivity index (χ2v) is 7.34. The number of carbonyl (C=O) groups excluding carboxylic acids is 1. The van der Waals surface area contributed by atoms with E-state index in [1.54, 1.807) is 7.11 Å². The Labute approximate surface area is 140 Å². The molecule has 0 aliphatic heterocycles. The number of thiazole rings is 1. The molecule has 114 valence electrons. The predicted molar refractivity (Wildman–Crippen MR) is 91.0 cm³/mol. The number of hydrogen-bond donors (Lipinski definition) is 1. The van der Waals surface area contributed by atoms with Crippen molar-refractivity contribution in [3.8, 4) is 0 Å². The van der Waals surface area contributed by atoms with Crippen LogP contribution in [0.4, 0.5) is 0 Å². The van der Waals surface area contributed by atoms with E-state index in [9.17, 15) is 4.79 Å². The highest BCUT2D eigenvalue weighted by molar-refractivity contribution is 7.20. The van der Waals surface area contributed by atoms with Crippen molar-refractivity contribution in [2.24, 2.45) is 0 Å². The van der Waals surface area contributed by atoms with Crippen molar-refractivity contribution in [1.82, 2.24) is 10.3 Å². The number of rotatable bonds is 5. The first kappa shape index (κ1) is 15.4. The third kappa shape index (κ3) is 3.30. The summed E-state index contributed by atoms with van der Waals surface area (Å²) in [5.74, 6) is -0.189. The summed E-state index contributed by atoms with van der Waals surface area (Å²) in [6.07, 6.45) is -0.212. The summed E-state index contributed by atoms with van der Waals surface area (Å²) in [6, 6.07) is 11.4. The number of benzene rings is 1. The molecule has 0 spiro atoms. The standard InChI is InChI=1S/C15H13ClN2O2S2/c1-20-10(12-6-7-13(16)21-12)8-17-14(19)15-18-9-4-2-3-5-11(9)22-15/h2-7,10H,8H2,1H3,(H,17,19). The van der Waals surface area contributed by atoms with Crippen molar-refractivity contribution in [2.45, 2.75) is 6.10 Å². The van der Waals surface area contributed by atoms with Gasteiger partial charge in [0, 0.05) is 18.5 Å². The van der Waals surface area contributed by atoms with Gasteiger partial charge in [0.15, 0.2) is 5.01 Å². The van der Waals surface area contributed by atoms with E-state index in [0.29, 0.717) is 15.9 Å². The van der Waals surface area contributed by atoms with Crippen LogP contribution >= 0.6 is 34.3 Å². The van der Waals surface area contributed by atoms with E-state index < -0.39 is 0 Å². The van der Waals surface area contributed by atoms with Gasteiger partial charge in [-0.2, -0.15) is 0 Å². The van der Waals surface area contributed by atoms with Gasteiger partial charge in [0.1, 0.15) is 6.10 Å². The lowest BCUT2D eigenvalue weighted by molar-refractivity contribution is 0.0837. The van der Waals surface area contributed by atoms with Gasteiger partial charge in [0.2, 0.25) is 0 Å². The van der Waals surface area contributed by atoms with Gasteiger partial charge in [-0.05, 0) is 24.3 Å². The first-order valence-corrected chi connectivity index (χ1v) is 8.60. The molecule has 0 saturated carbocycles. The lowest BCUT2D eigenvalue weighted by atomic mass is 10.3. The first-order valence-electron chi connectivity index (χ1n) is 6.59. The van der Waals surface area contributed by atoms with Crippen molar-refractivity contribution < 1.29 is 9.53 Å². The minimum absolute atomic E-state index is 0.189. The maximum atomic E-state index is 12.2. The molecule has 0 aliphatic rings. The molecular formula is C15H13ClN2O2S2. The Hall–Kier alpha value is -1.47. The molecular weight excluding hydrogens is 340 g/mol. The third-order valence-electron chi connectivity index (χ3n) is 3.13. The highest BCUT2D eigenvalue weighted by atomic mass is 35.5. The zero-order valence-electron chi connectivity index (χ0n) is 11.7. The second-order valence-electron chi connectivity index (χ2n) is 4.56. The molecule has 4 nitrogen and oxygen atoms in total. The van der Waals surface area contributed by atoms with Gasteiger partial charge < -0.3 is 10.1 Å². The molecule has 3 aromatic rings. The fourth-order valence-electron chi connectivity index (χ4n) is 2.03. The molecule has 1 atom stereocenters. The monoisotopic (exact) mass is 352 g/mol. The Balaban J connectivity index is 1.68. The van der Waals surface area contributed by atoms with Gasteiger partial charge in [-0.15, -0.1) is 22.7 Å². The molecule has 1 unspecified atom stereocenters. The molecule has 0 saturated heterocycles. The van der Waals surface area contributed by atoms with Crippen LogP contribution < -0.4 is 5.32 Å². The SMILES string of the molecule is COC(CNC(=O)c1nc2ccccc2s1)c1ccc(Cl)s1. The van der Waals surface area contributed by atoms with Gasteiger partial charge in [0.25, 0.3) is 5.91 Å². The van der Waals surface area contributed by atoms with Gasteiger partial charge in [-0.1, -0.05) is 23.7 Å². The normalized spacial score (nSPS) is 12.5. The Morgan fingerprint density at radius 1 is 1.32 bits per heavy atom. The number of thiophene rings is 1. The van der Waals surface area contributed by atoms with E-state index in [1.165, 1.54) is 22.7 Å². The Morgan fingerprint density at radius 2 is 2.14 bits per heavy atom. The summed E-state index contributed by atoms with van der Waals surface area (Å²) in [5.41, 5.74) is 0.839. The topological polar surface area (TPSA) is 51.2 Å². The molecule has 0 aliphatic carbocycles. The number of fused-ring (bicyclic) bond motifs is 1. The predicted octanol–water partition coefficient (Wildman–Crippen LogP) is 4.13. The molecule has 2 aromatic heterocycles. The zero-order valence-corrected chi connectivity index (χ0v) is 14.1. The number of ether oxygens (including phenoxy) is 1. The van der Waals surface area contributed by atoms with Crippen molar-refractivity contribution in [3.05, 3.63) is 50.6 Å². The molecule has 1 aromatic carbocycles. The summed E-state index contributed by atoms with van der Waals surface area (Å²) < 4.78 is 7.12. The molecule has 0 radical (unpaired) electrons. The van der Waals surface area contributed by atoms with Crippen LogP contribution in [0.25, 0.3) is 10.2 Å². The molecule has 1 N–H and O–H groups in total. The molecule has 2 heterocycles. The van der Waals surface area contributed by atoms with Gasteiger partial charge in [0.05, 0.1) is 14.6 Å².